The molecule has 1 aliphatic rings. The number of likely N-dealkylation sites (tertiary alicyclic amines) is 1. The largest absolute Gasteiger partial charge is 0.397 e. The van der Waals surface area contributed by atoms with Crippen LogP contribution in [0.4, 0.5) is 5.69 Å². The number of anilines is 1. The lowest BCUT2D eigenvalue weighted by Gasteiger charge is -2.40. The highest BCUT2D eigenvalue weighted by atomic mass is 32.1. The molecule has 1 saturated heterocycles. The first kappa shape index (κ1) is 18.8. The summed E-state index contributed by atoms with van der Waals surface area (Å²) in [4.78, 5) is 25.3. The predicted octanol–water partition coefficient (Wildman–Crippen LogP) is 3.19. The van der Waals surface area contributed by atoms with Gasteiger partial charge >= 0.3 is 0 Å². The van der Waals surface area contributed by atoms with Crippen molar-refractivity contribution in [2.45, 2.75) is 31.7 Å². The Kier molecular flexibility index (Phi) is 5.03. The second kappa shape index (κ2) is 7.48. The number of nitrogens with one attached hydrogen (secondary N) is 1. The van der Waals surface area contributed by atoms with Crippen molar-refractivity contribution < 1.29 is 4.79 Å². The number of amides is 1. The molecule has 3 aromatic heterocycles. The van der Waals surface area contributed by atoms with Crippen LogP contribution in [0, 0.1) is 0 Å². The zero-order chi connectivity index (χ0) is 19.7. The summed E-state index contributed by atoms with van der Waals surface area (Å²) in [7, 11) is 1.62. The van der Waals surface area contributed by atoms with E-state index < -0.39 is 0 Å². The summed E-state index contributed by atoms with van der Waals surface area (Å²) >= 11 is 1.37. The fourth-order valence-electron chi connectivity index (χ4n) is 4.02. The van der Waals surface area contributed by atoms with Crippen LogP contribution in [0.5, 0.6) is 0 Å². The zero-order valence-corrected chi connectivity index (χ0v) is 17.1. The van der Waals surface area contributed by atoms with Crippen molar-refractivity contribution in [3.8, 4) is 0 Å². The molecule has 3 aromatic rings. The van der Waals surface area contributed by atoms with Crippen LogP contribution < -0.4 is 11.1 Å². The molecule has 0 radical (unpaired) electrons. The third-order valence-electron chi connectivity index (χ3n) is 5.53. The maximum atomic E-state index is 12.0. The number of hydrogen-bond acceptors (Lipinski definition) is 6. The van der Waals surface area contributed by atoms with Gasteiger partial charge in [0.15, 0.2) is 0 Å². The molecule has 1 aliphatic heterocycles. The van der Waals surface area contributed by atoms with Crippen molar-refractivity contribution in [3.63, 3.8) is 0 Å². The topological polar surface area (TPSA) is 84.1 Å². The molecule has 0 spiro atoms. The lowest BCUT2D eigenvalue weighted by molar-refractivity contribution is 0.0968. The molecular weight excluding hydrogens is 370 g/mol. The van der Waals surface area contributed by atoms with Crippen LogP contribution in [0.25, 0.3) is 10.2 Å². The van der Waals surface area contributed by atoms with Gasteiger partial charge in [-0.15, -0.1) is 11.3 Å². The van der Waals surface area contributed by atoms with Crippen LogP contribution in [-0.2, 0) is 12.0 Å². The molecule has 6 nitrogen and oxygen atoms in total. The fraction of sp³-hybridized carbons (Fsp3) is 0.381. The van der Waals surface area contributed by atoms with Crippen LogP contribution >= 0.6 is 11.3 Å². The number of fused-ring (bicyclic) bond motifs is 1. The lowest BCUT2D eigenvalue weighted by Crippen LogP contribution is -2.44. The van der Waals surface area contributed by atoms with Gasteiger partial charge in [0.1, 0.15) is 9.71 Å². The van der Waals surface area contributed by atoms with Crippen molar-refractivity contribution in [2.75, 3.05) is 25.9 Å². The standard InChI is InChI=1S/C21H25N5OS/c1-21(9-5-11-26(13-21)12-14-6-3-4-10-24-14)16-8-7-15-17(22)18(19(27)23-2)28-20(15)25-16/h3-4,6-8,10H,5,9,11-13,22H2,1-2H3,(H,23,27). The third-order valence-corrected chi connectivity index (χ3v) is 6.65. The minimum atomic E-state index is -0.160. The minimum absolute atomic E-state index is 0.0346. The zero-order valence-electron chi connectivity index (χ0n) is 16.2. The molecule has 0 aliphatic carbocycles. The Morgan fingerprint density at radius 3 is 2.96 bits per heavy atom. The number of rotatable bonds is 4. The first-order chi connectivity index (χ1) is 13.5. The SMILES string of the molecule is CNC(=O)c1sc2nc(C3(C)CCCN(Cc4ccccn4)C3)ccc2c1N. The highest BCUT2D eigenvalue weighted by Gasteiger charge is 2.34. The summed E-state index contributed by atoms with van der Waals surface area (Å²) in [6.07, 6.45) is 4.06. The van der Waals surface area contributed by atoms with Crippen molar-refractivity contribution in [1.82, 2.24) is 20.2 Å². The van der Waals surface area contributed by atoms with Gasteiger partial charge in [-0.05, 0) is 43.7 Å². The quantitative estimate of drug-likeness (QED) is 0.709. The Balaban J connectivity index is 1.61. The molecule has 3 N–H and O–H groups in total. The van der Waals surface area contributed by atoms with Gasteiger partial charge in [0.25, 0.3) is 5.91 Å². The van der Waals surface area contributed by atoms with Gasteiger partial charge < -0.3 is 11.1 Å². The first-order valence-electron chi connectivity index (χ1n) is 9.54. The normalized spacial score (nSPS) is 20.4. The average Bonchev–Trinajstić information content (AvgIpc) is 3.04. The number of hydrogen-bond donors (Lipinski definition) is 2. The molecule has 146 valence electrons. The van der Waals surface area contributed by atoms with Gasteiger partial charge in [-0.25, -0.2) is 4.98 Å². The number of carbonyl (C=O) groups is 1. The number of thiophene rings is 1. The molecule has 0 saturated carbocycles. The van der Waals surface area contributed by atoms with Crippen LogP contribution in [-0.4, -0.2) is 40.9 Å². The maximum absolute atomic E-state index is 12.0. The molecule has 0 bridgehead atoms. The van der Waals surface area contributed by atoms with Crippen LogP contribution in [0.1, 0.15) is 40.8 Å². The van der Waals surface area contributed by atoms with E-state index in [9.17, 15) is 4.79 Å². The summed E-state index contributed by atoms with van der Waals surface area (Å²) in [5.74, 6) is -0.160. The van der Waals surface area contributed by atoms with Gasteiger partial charge in [0.2, 0.25) is 0 Å². The number of nitrogen functional groups attached to an aromatic ring is 1. The van der Waals surface area contributed by atoms with E-state index >= 15 is 0 Å². The Hall–Kier alpha value is -2.51. The van der Waals surface area contributed by atoms with E-state index in [2.05, 4.69) is 34.3 Å². The summed E-state index contributed by atoms with van der Waals surface area (Å²) < 4.78 is 0. The van der Waals surface area contributed by atoms with Gasteiger partial charge in [-0.1, -0.05) is 13.0 Å². The molecule has 1 fully saturated rings. The molecule has 28 heavy (non-hydrogen) atoms. The first-order valence-corrected chi connectivity index (χ1v) is 10.4. The molecular formula is C21H25N5OS. The molecule has 1 atom stereocenters. The van der Waals surface area contributed by atoms with Crippen molar-refractivity contribution in [2.24, 2.45) is 0 Å². The summed E-state index contributed by atoms with van der Waals surface area (Å²) in [6.45, 7) is 5.14. The van der Waals surface area contributed by atoms with Gasteiger partial charge in [-0.2, -0.15) is 0 Å². The summed E-state index contributed by atoms with van der Waals surface area (Å²) in [5, 5.41) is 3.51. The number of piperidine rings is 1. The highest BCUT2D eigenvalue weighted by Crippen LogP contribution is 2.37. The number of nitrogens with zero attached hydrogens (tertiary/aromatic N) is 3. The van der Waals surface area contributed by atoms with Crippen LogP contribution in [0.15, 0.2) is 36.5 Å². The molecule has 1 unspecified atom stereocenters. The highest BCUT2D eigenvalue weighted by molar-refractivity contribution is 7.21. The fourth-order valence-corrected chi connectivity index (χ4v) is 5.06. The second-order valence-corrected chi connectivity index (χ2v) is 8.67. The van der Waals surface area contributed by atoms with E-state index in [1.165, 1.54) is 11.3 Å². The lowest BCUT2D eigenvalue weighted by atomic mass is 9.78. The third kappa shape index (κ3) is 3.47. The van der Waals surface area contributed by atoms with Crippen molar-refractivity contribution in [1.29, 1.82) is 0 Å². The molecule has 1 amide bonds. The van der Waals surface area contributed by atoms with Gasteiger partial charge in [-0.3, -0.25) is 14.7 Å². The Morgan fingerprint density at radius 2 is 2.21 bits per heavy atom. The van der Waals surface area contributed by atoms with Gasteiger partial charge in [0.05, 0.1) is 11.4 Å². The van der Waals surface area contributed by atoms with E-state index in [1.54, 1.807) is 7.05 Å². The summed E-state index contributed by atoms with van der Waals surface area (Å²) in [5.41, 5.74) is 8.82. The molecule has 4 heterocycles. The Labute approximate surface area is 168 Å². The smallest absolute Gasteiger partial charge is 0.263 e. The van der Waals surface area contributed by atoms with E-state index in [1.807, 2.05) is 24.4 Å². The average molecular weight is 396 g/mol. The number of nitrogens with two attached hydrogens (primary N) is 1. The number of pyridine rings is 2. The summed E-state index contributed by atoms with van der Waals surface area (Å²) in [6, 6.07) is 10.1. The predicted molar refractivity (Wildman–Crippen MR) is 114 cm³/mol. The Morgan fingerprint density at radius 1 is 1.36 bits per heavy atom. The van der Waals surface area contributed by atoms with E-state index in [0.29, 0.717) is 10.6 Å². The number of aromatic nitrogens is 2. The maximum Gasteiger partial charge on any atom is 0.263 e. The number of carbonyl (C=O) groups excluding carboxylic acids is 1. The van der Waals surface area contributed by atoms with Crippen molar-refractivity contribution >= 4 is 33.1 Å². The minimum Gasteiger partial charge on any atom is -0.397 e. The Bertz CT molecular complexity index is 1000. The van der Waals surface area contributed by atoms with E-state index in [4.69, 9.17) is 10.7 Å². The monoisotopic (exact) mass is 395 g/mol. The van der Waals surface area contributed by atoms with Crippen LogP contribution in [0.2, 0.25) is 0 Å². The van der Waals surface area contributed by atoms with Crippen LogP contribution in [0.3, 0.4) is 0 Å². The van der Waals surface area contributed by atoms with Gasteiger partial charge in [0, 0.05) is 42.8 Å². The second-order valence-electron chi connectivity index (χ2n) is 7.67. The molecule has 0 aromatic carbocycles. The molecule has 7 heteroatoms. The molecule has 4 rings (SSSR count). The van der Waals surface area contributed by atoms with E-state index in [-0.39, 0.29) is 11.3 Å². The van der Waals surface area contributed by atoms with E-state index in [0.717, 1.165) is 54.1 Å². The van der Waals surface area contributed by atoms with Crippen molar-refractivity contribution in [3.05, 3.63) is 52.8 Å².